The molecule has 1 aromatic heterocycles. The highest BCUT2D eigenvalue weighted by Crippen LogP contribution is 2.33. The number of anilines is 1. The van der Waals surface area contributed by atoms with Crippen molar-refractivity contribution in [3.8, 4) is 5.69 Å². The average molecular weight is 617 g/mol. The predicted molar refractivity (Wildman–Crippen MR) is 167 cm³/mol. The second kappa shape index (κ2) is 14.2. The van der Waals surface area contributed by atoms with Crippen LogP contribution in [0.25, 0.3) is 5.69 Å². The number of hydrogen-bond acceptors (Lipinski definition) is 8. The number of amides is 3. The van der Waals surface area contributed by atoms with Crippen molar-refractivity contribution in [2.24, 2.45) is 17.4 Å². The van der Waals surface area contributed by atoms with Crippen LogP contribution in [0.2, 0.25) is 0 Å². The molecular formula is C30H45ClN8O4. The lowest BCUT2D eigenvalue weighted by Crippen LogP contribution is -2.60. The number of aliphatic hydroxyl groups is 1. The standard InChI is InChI=1S/C30H44N8O4.ClH/c1-30(32,20-39)27(40)35-14-16-36(17-15-35)28(41)33-26-12-13-38(29(42)34-26)25-8-4-22(5-9-25)19-37(18-21-2-3-21)24-10-6-23(31)7-11-24;/h4-5,8-9,12-13,21,23-24,39H,2-3,6-7,10-11,14-20,31-32H2,1H3,(H,33,34,41,42);1H/t23-,24-,30-;/m0./s1. The van der Waals surface area contributed by atoms with Crippen molar-refractivity contribution in [3.63, 3.8) is 0 Å². The first-order valence-electron chi connectivity index (χ1n) is 15.1. The third-order valence-corrected chi connectivity index (χ3v) is 8.76. The Morgan fingerprint density at radius 2 is 1.65 bits per heavy atom. The molecule has 43 heavy (non-hydrogen) atoms. The first-order valence-corrected chi connectivity index (χ1v) is 15.1. The third-order valence-electron chi connectivity index (χ3n) is 8.76. The predicted octanol–water partition coefficient (Wildman–Crippen LogP) is 1.52. The number of hydrogen-bond donors (Lipinski definition) is 4. The molecule has 1 aliphatic heterocycles. The van der Waals surface area contributed by atoms with Crippen molar-refractivity contribution in [1.82, 2.24) is 24.3 Å². The molecule has 3 aliphatic rings. The Balaban J connectivity index is 0.00000423. The van der Waals surface area contributed by atoms with Gasteiger partial charge in [-0.1, -0.05) is 12.1 Å². The number of carbonyl (C=O) groups is 2. The topological polar surface area (TPSA) is 163 Å². The summed E-state index contributed by atoms with van der Waals surface area (Å²) in [5, 5.41) is 12.0. The molecular weight excluding hydrogens is 572 g/mol. The van der Waals surface area contributed by atoms with E-state index >= 15 is 0 Å². The number of aromatic nitrogens is 2. The van der Waals surface area contributed by atoms with E-state index in [1.54, 1.807) is 22.1 Å². The molecule has 6 N–H and O–H groups in total. The van der Waals surface area contributed by atoms with Gasteiger partial charge < -0.3 is 26.4 Å². The van der Waals surface area contributed by atoms with Crippen LogP contribution in [0.3, 0.4) is 0 Å². The van der Waals surface area contributed by atoms with Crippen LogP contribution in [-0.2, 0) is 11.3 Å². The van der Waals surface area contributed by atoms with Crippen LogP contribution in [-0.4, -0.2) is 98.2 Å². The van der Waals surface area contributed by atoms with E-state index in [9.17, 15) is 19.5 Å². The summed E-state index contributed by atoms with van der Waals surface area (Å²) in [6, 6.07) is 10.1. The van der Waals surface area contributed by atoms with Crippen molar-refractivity contribution in [2.75, 3.05) is 44.6 Å². The quantitative estimate of drug-likeness (QED) is 0.329. The van der Waals surface area contributed by atoms with Crippen molar-refractivity contribution in [2.45, 2.75) is 69.6 Å². The fraction of sp³-hybridized carbons (Fsp3) is 0.600. The number of nitrogens with zero attached hydrogens (tertiary/aromatic N) is 5. The van der Waals surface area contributed by atoms with Crippen molar-refractivity contribution < 1.29 is 14.7 Å². The molecule has 3 amide bonds. The lowest BCUT2D eigenvalue weighted by Gasteiger charge is -2.37. The molecule has 5 rings (SSSR count). The van der Waals surface area contributed by atoms with Gasteiger partial charge in [0.1, 0.15) is 11.4 Å². The summed E-state index contributed by atoms with van der Waals surface area (Å²) >= 11 is 0. The first kappa shape index (κ1) is 32.9. The average Bonchev–Trinajstić information content (AvgIpc) is 3.82. The number of benzene rings is 1. The number of nitrogens with two attached hydrogens (primary N) is 2. The van der Waals surface area contributed by atoms with Gasteiger partial charge in [0.05, 0.1) is 12.3 Å². The number of halogens is 1. The minimum absolute atomic E-state index is 0. The lowest BCUT2D eigenvalue weighted by atomic mass is 9.90. The van der Waals surface area contributed by atoms with Crippen molar-refractivity contribution in [3.05, 3.63) is 52.6 Å². The fourth-order valence-electron chi connectivity index (χ4n) is 5.84. The van der Waals surface area contributed by atoms with Gasteiger partial charge in [-0.05, 0) is 75.1 Å². The van der Waals surface area contributed by atoms with Gasteiger partial charge in [0.2, 0.25) is 5.91 Å². The van der Waals surface area contributed by atoms with Crippen LogP contribution in [0.1, 0.15) is 51.0 Å². The minimum atomic E-state index is -1.35. The van der Waals surface area contributed by atoms with E-state index in [-0.39, 0.29) is 24.1 Å². The normalized spacial score (nSPS) is 22.1. The molecule has 0 spiro atoms. The summed E-state index contributed by atoms with van der Waals surface area (Å²) in [6.07, 6.45) is 8.76. The van der Waals surface area contributed by atoms with E-state index in [1.807, 2.05) is 12.1 Å². The largest absolute Gasteiger partial charge is 0.394 e. The van der Waals surface area contributed by atoms with Crippen molar-refractivity contribution in [1.29, 1.82) is 0 Å². The van der Waals surface area contributed by atoms with E-state index < -0.39 is 23.9 Å². The molecule has 0 radical (unpaired) electrons. The van der Waals surface area contributed by atoms with Gasteiger partial charge in [-0.2, -0.15) is 4.98 Å². The number of aliphatic hydroxyl groups excluding tert-OH is 1. The summed E-state index contributed by atoms with van der Waals surface area (Å²) in [5.41, 5.74) is 12.1. The molecule has 1 saturated heterocycles. The molecule has 0 unspecified atom stereocenters. The van der Waals surface area contributed by atoms with Crippen LogP contribution in [0.5, 0.6) is 0 Å². The van der Waals surface area contributed by atoms with Gasteiger partial charge in [-0.3, -0.25) is 19.6 Å². The van der Waals surface area contributed by atoms with Crippen LogP contribution >= 0.6 is 12.4 Å². The maximum atomic E-state index is 12.9. The highest BCUT2D eigenvalue weighted by Gasteiger charge is 2.34. The second-order valence-corrected chi connectivity index (χ2v) is 12.4. The summed E-state index contributed by atoms with van der Waals surface area (Å²) in [7, 11) is 0. The van der Waals surface area contributed by atoms with Gasteiger partial charge >= 0.3 is 11.7 Å². The molecule has 2 heterocycles. The SMILES string of the molecule is C[C@](N)(CO)C(=O)N1CCN(C(=O)Nc2ccn(-c3ccc(CN(CC4CC4)[C@H]4CC[C@H](N)CC4)cc3)c(=O)n2)CC1.Cl. The van der Waals surface area contributed by atoms with Gasteiger partial charge in [0, 0.05) is 57.5 Å². The Morgan fingerprint density at radius 1 is 1.02 bits per heavy atom. The van der Waals surface area contributed by atoms with E-state index in [0.717, 1.165) is 44.7 Å². The molecule has 2 aliphatic carbocycles. The van der Waals surface area contributed by atoms with Gasteiger partial charge in [0.15, 0.2) is 0 Å². The lowest BCUT2D eigenvalue weighted by molar-refractivity contribution is -0.139. The monoisotopic (exact) mass is 616 g/mol. The fourth-order valence-corrected chi connectivity index (χ4v) is 5.84. The molecule has 1 atom stereocenters. The number of carbonyl (C=O) groups excluding carboxylic acids is 2. The first-order chi connectivity index (χ1) is 20.1. The van der Waals surface area contributed by atoms with Crippen LogP contribution < -0.4 is 22.5 Å². The number of urea groups is 1. The highest BCUT2D eigenvalue weighted by atomic mass is 35.5. The minimum Gasteiger partial charge on any atom is -0.394 e. The maximum Gasteiger partial charge on any atom is 0.354 e. The van der Waals surface area contributed by atoms with Crippen LogP contribution in [0.15, 0.2) is 41.3 Å². The molecule has 0 bridgehead atoms. The smallest absolute Gasteiger partial charge is 0.354 e. The highest BCUT2D eigenvalue weighted by molar-refractivity contribution is 5.89. The zero-order chi connectivity index (χ0) is 29.9. The van der Waals surface area contributed by atoms with E-state index in [1.165, 1.54) is 29.9 Å². The van der Waals surface area contributed by atoms with Crippen LogP contribution in [0, 0.1) is 5.92 Å². The second-order valence-electron chi connectivity index (χ2n) is 12.4. The summed E-state index contributed by atoms with van der Waals surface area (Å²) in [4.78, 5) is 47.9. The molecule has 2 saturated carbocycles. The zero-order valence-electron chi connectivity index (χ0n) is 24.9. The van der Waals surface area contributed by atoms with Crippen molar-refractivity contribution >= 4 is 30.2 Å². The Morgan fingerprint density at radius 3 is 2.23 bits per heavy atom. The molecule has 236 valence electrons. The number of rotatable bonds is 9. The Labute approximate surface area is 258 Å². The molecule has 3 fully saturated rings. The molecule has 12 nitrogen and oxygen atoms in total. The van der Waals surface area contributed by atoms with E-state index in [0.29, 0.717) is 44.0 Å². The Hall–Kier alpha value is -3.03. The number of nitrogens with one attached hydrogen (secondary N) is 1. The van der Waals surface area contributed by atoms with E-state index in [2.05, 4.69) is 27.3 Å². The van der Waals surface area contributed by atoms with Gasteiger partial charge in [0.25, 0.3) is 0 Å². The van der Waals surface area contributed by atoms with Gasteiger partial charge in [-0.15, -0.1) is 12.4 Å². The molecule has 13 heteroatoms. The van der Waals surface area contributed by atoms with Gasteiger partial charge in [-0.25, -0.2) is 9.59 Å². The summed E-state index contributed by atoms with van der Waals surface area (Å²) < 4.78 is 1.46. The van der Waals surface area contributed by atoms with Crippen LogP contribution in [0.4, 0.5) is 10.6 Å². The summed E-state index contributed by atoms with van der Waals surface area (Å²) in [6.45, 7) is 4.27. The Kier molecular flexibility index (Phi) is 10.8. The maximum absolute atomic E-state index is 12.9. The summed E-state index contributed by atoms with van der Waals surface area (Å²) in [5.74, 6) is 0.624. The Bertz CT molecular complexity index is 1300. The van der Waals surface area contributed by atoms with E-state index in [4.69, 9.17) is 11.5 Å². The zero-order valence-corrected chi connectivity index (χ0v) is 25.7. The molecule has 1 aromatic carbocycles. The third kappa shape index (κ3) is 8.33. The number of piperazine rings is 1. The molecule has 2 aromatic rings.